The van der Waals surface area contributed by atoms with Crippen LogP contribution in [0.15, 0.2) is 85.6 Å². The second kappa shape index (κ2) is 16.4. The van der Waals surface area contributed by atoms with Crippen molar-refractivity contribution in [2.24, 2.45) is 0 Å². The first-order chi connectivity index (χ1) is 19.1. The van der Waals surface area contributed by atoms with Crippen LogP contribution >= 0.6 is 0 Å². The van der Waals surface area contributed by atoms with Gasteiger partial charge in [0.05, 0.1) is 0 Å². The highest BCUT2D eigenvalue weighted by atomic mass is 15.0. The molecule has 4 aromatic rings. The summed E-state index contributed by atoms with van der Waals surface area (Å²) in [4.78, 5) is 0. The SMILES string of the molecule is C=C(C)NC.C=C(C)c1ccc(CCCCc2ccc3c(c2)c(=C)c(=C)n3CCC)cc1.Cc1cccc(C)c1. The second-order valence-corrected chi connectivity index (χ2v) is 10.8. The zero-order valence-electron chi connectivity index (χ0n) is 25.9. The lowest BCUT2D eigenvalue weighted by molar-refractivity contribution is 0.686. The molecule has 40 heavy (non-hydrogen) atoms. The number of aromatic nitrogens is 1. The molecule has 0 saturated heterocycles. The van der Waals surface area contributed by atoms with Crippen molar-refractivity contribution >= 4 is 29.6 Å². The van der Waals surface area contributed by atoms with Crippen molar-refractivity contribution in [3.63, 3.8) is 0 Å². The first-order valence-corrected chi connectivity index (χ1v) is 14.5. The molecule has 1 aromatic heterocycles. The van der Waals surface area contributed by atoms with E-state index in [2.05, 4.69) is 131 Å². The van der Waals surface area contributed by atoms with Crippen LogP contribution in [-0.2, 0) is 19.4 Å². The molecular weight excluding hydrogens is 484 g/mol. The van der Waals surface area contributed by atoms with E-state index in [1.165, 1.54) is 51.6 Å². The molecule has 0 atom stereocenters. The van der Waals surface area contributed by atoms with Crippen molar-refractivity contribution in [3.05, 3.63) is 124 Å². The summed E-state index contributed by atoms with van der Waals surface area (Å²) in [5, 5.41) is 6.24. The van der Waals surface area contributed by atoms with Gasteiger partial charge in [-0.15, -0.1) is 0 Å². The summed E-state index contributed by atoms with van der Waals surface area (Å²) in [6.07, 6.45) is 5.77. The summed E-state index contributed by atoms with van der Waals surface area (Å²) < 4.78 is 2.30. The number of allylic oxidation sites excluding steroid dienone is 2. The highest BCUT2D eigenvalue weighted by molar-refractivity contribution is 5.82. The lowest BCUT2D eigenvalue weighted by Crippen LogP contribution is -2.26. The lowest BCUT2D eigenvalue weighted by atomic mass is 10.0. The smallest absolute Gasteiger partial charge is 0.0491 e. The summed E-state index contributed by atoms with van der Waals surface area (Å²) in [5.74, 6) is 0. The fraction of sp³-hybridized carbons (Fsp3) is 0.316. The Labute approximate surface area is 243 Å². The van der Waals surface area contributed by atoms with Gasteiger partial charge in [0.25, 0.3) is 0 Å². The minimum absolute atomic E-state index is 1.00. The van der Waals surface area contributed by atoms with Crippen molar-refractivity contribution in [1.82, 2.24) is 9.88 Å². The number of aryl methyl sites for hydroxylation is 5. The van der Waals surface area contributed by atoms with Gasteiger partial charge >= 0.3 is 0 Å². The van der Waals surface area contributed by atoms with Crippen LogP contribution in [0.25, 0.3) is 29.6 Å². The van der Waals surface area contributed by atoms with Gasteiger partial charge in [-0.05, 0) is 99.5 Å². The first-order valence-electron chi connectivity index (χ1n) is 14.5. The van der Waals surface area contributed by atoms with Gasteiger partial charge in [-0.25, -0.2) is 0 Å². The number of hydrogen-bond donors (Lipinski definition) is 1. The Morgan fingerprint density at radius 1 is 0.800 bits per heavy atom. The molecule has 0 aliphatic rings. The van der Waals surface area contributed by atoms with Crippen molar-refractivity contribution in [2.75, 3.05) is 7.05 Å². The van der Waals surface area contributed by atoms with Crippen LogP contribution in [-0.4, -0.2) is 11.6 Å². The van der Waals surface area contributed by atoms with Gasteiger partial charge in [-0.2, -0.15) is 0 Å². The van der Waals surface area contributed by atoms with Crippen molar-refractivity contribution < 1.29 is 0 Å². The zero-order valence-corrected chi connectivity index (χ0v) is 25.9. The maximum absolute atomic E-state index is 4.26. The summed E-state index contributed by atoms with van der Waals surface area (Å²) in [6.45, 7) is 27.4. The Morgan fingerprint density at radius 2 is 1.35 bits per heavy atom. The largest absolute Gasteiger partial charge is 0.392 e. The molecule has 0 spiro atoms. The minimum Gasteiger partial charge on any atom is -0.392 e. The third-order valence-corrected chi connectivity index (χ3v) is 7.03. The number of nitrogens with zero attached hydrogens (tertiary/aromatic N) is 1. The molecule has 2 heteroatoms. The van der Waals surface area contributed by atoms with Gasteiger partial charge in [0.1, 0.15) is 0 Å². The summed E-state index contributed by atoms with van der Waals surface area (Å²) in [5.41, 5.74) is 10.1. The Balaban J connectivity index is 0.000000355. The number of nitrogens with one attached hydrogen (secondary N) is 1. The van der Waals surface area contributed by atoms with Gasteiger partial charge in [0.15, 0.2) is 0 Å². The van der Waals surface area contributed by atoms with Crippen molar-refractivity contribution in [2.45, 2.75) is 73.3 Å². The molecule has 0 saturated carbocycles. The van der Waals surface area contributed by atoms with Crippen LogP contribution < -0.4 is 15.9 Å². The van der Waals surface area contributed by atoms with E-state index in [4.69, 9.17) is 0 Å². The third-order valence-electron chi connectivity index (χ3n) is 7.03. The number of benzene rings is 3. The quantitative estimate of drug-likeness (QED) is 0.213. The lowest BCUT2D eigenvalue weighted by Gasteiger charge is -2.06. The highest BCUT2D eigenvalue weighted by Crippen LogP contribution is 2.17. The molecule has 0 amide bonds. The number of rotatable bonds is 9. The molecule has 4 rings (SSSR count). The van der Waals surface area contributed by atoms with E-state index in [1.54, 1.807) is 0 Å². The highest BCUT2D eigenvalue weighted by Gasteiger charge is 2.06. The van der Waals surface area contributed by atoms with Gasteiger partial charge < -0.3 is 9.88 Å². The molecule has 3 aromatic carbocycles. The van der Waals surface area contributed by atoms with E-state index < -0.39 is 0 Å². The first kappa shape index (κ1) is 32.4. The van der Waals surface area contributed by atoms with E-state index in [0.29, 0.717) is 0 Å². The van der Waals surface area contributed by atoms with Gasteiger partial charge in [-0.1, -0.05) is 105 Å². The molecule has 0 unspecified atom stereocenters. The van der Waals surface area contributed by atoms with Crippen LogP contribution in [0.4, 0.5) is 0 Å². The maximum atomic E-state index is 4.26. The number of unbranched alkanes of at least 4 members (excludes halogenated alkanes) is 1. The van der Waals surface area contributed by atoms with E-state index in [1.807, 2.05) is 14.0 Å². The molecule has 0 aliphatic carbocycles. The minimum atomic E-state index is 1.00. The monoisotopic (exact) mass is 534 g/mol. The number of hydrogen-bond acceptors (Lipinski definition) is 1. The van der Waals surface area contributed by atoms with E-state index in [9.17, 15) is 0 Å². The third kappa shape index (κ3) is 10.1. The molecule has 0 bridgehead atoms. The molecule has 2 nitrogen and oxygen atoms in total. The Morgan fingerprint density at radius 3 is 1.82 bits per heavy atom. The molecule has 212 valence electrons. The normalized spacial score (nSPS) is 10.2. The molecule has 1 heterocycles. The fourth-order valence-corrected chi connectivity index (χ4v) is 4.58. The molecule has 0 fully saturated rings. The predicted octanol–water partition coefficient (Wildman–Crippen LogP) is 8.51. The van der Waals surface area contributed by atoms with Gasteiger partial charge in [0, 0.05) is 29.8 Å². The second-order valence-electron chi connectivity index (χ2n) is 10.8. The van der Waals surface area contributed by atoms with E-state index >= 15 is 0 Å². The summed E-state index contributed by atoms with van der Waals surface area (Å²) >= 11 is 0. The van der Waals surface area contributed by atoms with Gasteiger partial charge in [0.2, 0.25) is 0 Å². The van der Waals surface area contributed by atoms with Crippen LogP contribution in [0.5, 0.6) is 0 Å². The number of fused-ring (bicyclic) bond motifs is 1. The van der Waals surface area contributed by atoms with Crippen LogP contribution in [0.3, 0.4) is 0 Å². The standard InChI is InChI=1S/C26H31N.C8H10.C4H9N/c1-6-17-27-21(5)20(4)25-18-23(13-16-26(25)27)10-8-7-9-22-11-14-24(15-12-22)19(2)3;1-7-4-3-5-8(2)6-7;1-4(2)5-3/h11-16,18H,2,4-10,17H2,1,3H3;3-6H,1-2H3;5H,1H2,2-3H3. The Bertz CT molecular complexity index is 1470. The fourth-order valence-electron chi connectivity index (χ4n) is 4.58. The molecule has 0 radical (unpaired) electrons. The Kier molecular flexibility index (Phi) is 13.3. The van der Waals surface area contributed by atoms with Crippen LogP contribution in [0, 0.1) is 13.8 Å². The predicted molar refractivity (Wildman–Crippen MR) is 180 cm³/mol. The Hall–Kier alpha value is -3.78. The topological polar surface area (TPSA) is 17.0 Å². The average molecular weight is 535 g/mol. The van der Waals surface area contributed by atoms with Crippen molar-refractivity contribution in [1.29, 1.82) is 0 Å². The summed E-state index contributed by atoms with van der Waals surface area (Å²) in [6, 6.07) is 24.1. The molecule has 0 aliphatic heterocycles. The van der Waals surface area contributed by atoms with Crippen molar-refractivity contribution in [3.8, 4) is 0 Å². The summed E-state index contributed by atoms with van der Waals surface area (Å²) in [7, 11) is 1.85. The van der Waals surface area contributed by atoms with Gasteiger partial charge in [-0.3, -0.25) is 0 Å². The molecule has 1 N–H and O–H groups in total. The maximum Gasteiger partial charge on any atom is 0.0491 e. The zero-order chi connectivity index (χ0) is 29.7. The van der Waals surface area contributed by atoms with Crippen LogP contribution in [0.2, 0.25) is 0 Å². The molecular formula is C38H50N2. The van der Waals surface area contributed by atoms with E-state index in [0.717, 1.165) is 47.6 Å². The average Bonchev–Trinajstić information content (AvgIpc) is 3.16. The van der Waals surface area contributed by atoms with Crippen LogP contribution in [0.1, 0.15) is 67.9 Å². The van der Waals surface area contributed by atoms with E-state index in [-0.39, 0.29) is 0 Å².